The highest BCUT2D eigenvalue weighted by Crippen LogP contribution is 2.18. The molecular formula is C20H38IN5S. The van der Waals surface area contributed by atoms with Crippen LogP contribution >= 0.6 is 35.3 Å². The van der Waals surface area contributed by atoms with Crippen molar-refractivity contribution in [3.8, 4) is 0 Å². The quantitative estimate of drug-likeness (QED) is 0.313. The summed E-state index contributed by atoms with van der Waals surface area (Å²) in [6.45, 7) is 17.3. The summed E-state index contributed by atoms with van der Waals surface area (Å²) in [7, 11) is 0. The molecule has 0 saturated carbocycles. The van der Waals surface area contributed by atoms with Crippen molar-refractivity contribution in [1.82, 2.24) is 20.5 Å². The van der Waals surface area contributed by atoms with E-state index < -0.39 is 0 Å². The van der Waals surface area contributed by atoms with Crippen LogP contribution in [0.4, 0.5) is 0 Å². The van der Waals surface area contributed by atoms with E-state index in [2.05, 4.69) is 60.5 Å². The first-order valence-electron chi connectivity index (χ1n) is 10.2. The van der Waals surface area contributed by atoms with Crippen LogP contribution in [0.1, 0.15) is 64.1 Å². The maximum atomic E-state index is 4.74. The molecule has 0 aliphatic carbocycles. The van der Waals surface area contributed by atoms with Crippen LogP contribution in [0.2, 0.25) is 0 Å². The van der Waals surface area contributed by atoms with E-state index in [1.165, 1.54) is 38.2 Å². The van der Waals surface area contributed by atoms with Gasteiger partial charge in [-0.2, -0.15) is 0 Å². The van der Waals surface area contributed by atoms with Gasteiger partial charge >= 0.3 is 0 Å². The number of nitrogens with zero attached hydrogens (tertiary/aromatic N) is 3. The zero-order valence-corrected chi connectivity index (χ0v) is 20.8. The largest absolute Gasteiger partial charge is 0.357 e. The minimum atomic E-state index is 0. The van der Waals surface area contributed by atoms with E-state index in [9.17, 15) is 0 Å². The summed E-state index contributed by atoms with van der Waals surface area (Å²) in [6, 6.07) is 0. The fourth-order valence-electron chi connectivity index (χ4n) is 3.39. The van der Waals surface area contributed by atoms with Gasteiger partial charge in [-0.05, 0) is 44.1 Å². The number of rotatable bonds is 8. The number of thiazole rings is 1. The highest BCUT2D eigenvalue weighted by molar-refractivity contribution is 14.0. The fraction of sp³-hybridized carbons (Fsp3) is 0.800. The Kier molecular flexibility index (Phi) is 11.8. The summed E-state index contributed by atoms with van der Waals surface area (Å²) in [6.07, 6.45) is 2.62. The number of piperidine rings is 1. The predicted octanol–water partition coefficient (Wildman–Crippen LogP) is 4.31. The van der Waals surface area contributed by atoms with Crippen LogP contribution in [0.15, 0.2) is 10.4 Å². The second kappa shape index (κ2) is 12.9. The maximum Gasteiger partial charge on any atom is 0.191 e. The lowest BCUT2D eigenvalue weighted by molar-refractivity contribution is 0.159. The zero-order valence-electron chi connectivity index (χ0n) is 17.6. The zero-order chi connectivity index (χ0) is 18.9. The molecule has 1 unspecified atom stereocenters. The Hall–Kier alpha value is -0.410. The third kappa shape index (κ3) is 9.09. The van der Waals surface area contributed by atoms with Gasteiger partial charge < -0.3 is 15.5 Å². The molecule has 2 rings (SSSR count). The van der Waals surface area contributed by atoms with Crippen molar-refractivity contribution in [2.45, 2.75) is 59.9 Å². The first kappa shape index (κ1) is 24.6. The standard InChI is InChI=1S/C20H37N5S.HI/c1-6-21-20(23-11-19-24-18(14-26-19)16(4)5)22-10-17-8-7-9-25(13-17)12-15(2)3;/h14-17H,6-13H2,1-5H3,(H2,21,22,23);1H. The molecule has 1 fully saturated rings. The van der Waals surface area contributed by atoms with Crippen molar-refractivity contribution >= 4 is 41.3 Å². The van der Waals surface area contributed by atoms with Crippen molar-refractivity contribution in [3.05, 3.63) is 16.1 Å². The van der Waals surface area contributed by atoms with E-state index >= 15 is 0 Å². The molecule has 1 saturated heterocycles. The Morgan fingerprint density at radius 1 is 1.33 bits per heavy atom. The Labute approximate surface area is 186 Å². The van der Waals surface area contributed by atoms with Gasteiger partial charge in [-0.25, -0.2) is 9.98 Å². The SMILES string of the molecule is CCNC(=NCc1nc(C(C)C)cs1)NCC1CCCN(CC(C)C)C1.I. The molecule has 1 aromatic heterocycles. The van der Waals surface area contributed by atoms with Crippen LogP contribution in [-0.4, -0.2) is 48.6 Å². The Morgan fingerprint density at radius 3 is 2.74 bits per heavy atom. The Balaban J connectivity index is 0.00000364. The molecule has 0 aromatic carbocycles. The van der Waals surface area contributed by atoms with Crippen molar-refractivity contribution in [2.75, 3.05) is 32.7 Å². The molecule has 0 spiro atoms. The topological polar surface area (TPSA) is 52.6 Å². The third-order valence-corrected chi connectivity index (χ3v) is 5.51. The lowest BCUT2D eigenvalue weighted by atomic mass is 9.97. The van der Waals surface area contributed by atoms with Crippen LogP contribution in [-0.2, 0) is 6.54 Å². The van der Waals surface area contributed by atoms with Crippen LogP contribution < -0.4 is 10.6 Å². The molecular weight excluding hydrogens is 469 g/mol. The molecule has 1 atom stereocenters. The number of aliphatic imine (C=N–C) groups is 1. The fourth-order valence-corrected chi connectivity index (χ4v) is 4.27. The van der Waals surface area contributed by atoms with Gasteiger partial charge in [0, 0.05) is 31.6 Å². The van der Waals surface area contributed by atoms with Crippen LogP contribution in [0.3, 0.4) is 0 Å². The van der Waals surface area contributed by atoms with Crippen molar-refractivity contribution in [3.63, 3.8) is 0 Å². The van der Waals surface area contributed by atoms with Crippen LogP contribution in [0.25, 0.3) is 0 Å². The summed E-state index contributed by atoms with van der Waals surface area (Å²) in [5.41, 5.74) is 1.17. The second-order valence-electron chi connectivity index (χ2n) is 8.06. The number of halogens is 1. The highest BCUT2D eigenvalue weighted by atomic mass is 127. The van der Waals surface area contributed by atoms with Crippen molar-refractivity contribution < 1.29 is 0 Å². The van der Waals surface area contributed by atoms with Crippen LogP contribution in [0.5, 0.6) is 0 Å². The summed E-state index contributed by atoms with van der Waals surface area (Å²) in [5, 5.41) is 10.2. The lowest BCUT2D eigenvalue weighted by Gasteiger charge is -2.34. The van der Waals surface area contributed by atoms with E-state index in [0.29, 0.717) is 18.4 Å². The molecule has 5 nitrogen and oxygen atoms in total. The molecule has 1 aromatic rings. The molecule has 27 heavy (non-hydrogen) atoms. The smallest absolute Gasteiger partial charge is 0.191 e. The summed E-state index contributed by atoms with van der Waals surface area (Å²) in [5.74, 6) is 2.85. The molecule has 1 aliphatic heterocycles. The molecule has 7 heteroatoms. The number of likely N-dealkylation sites (tertiary alicyclic amines) is 1. The summed E-state index contributed by atoms with van der Waals surface area (Å²) >= 11 is 1.71. The Bertz CT molecular complexity index is 558. The van der Waals surface area contributed by atoms with E-state index in [0.717, 1.165) is 30.0 Å². The number of aromatic nitrogens is 1. The minimum absolute atomic E-state index is 0. The molecule has 2 N–H and O–H groups in total. The van der Waals surface area contributed by atoms with E-state index in [1.807, 2.05) is 0 Å². The van der Waals surface area contributed by atoms with Gasteiger partial charge in [0.1, 0.15) is 5.01 Å². The Morgan fingerprint density at radius 2 is 2.11 bits per heavy atom. The van der Waals surface area contributed by atoms with E-state index in [1.54, 1.807) is 11.3 Å². The summed E-state index contributed by atoms with van der Waals surface area (Å²) < 4.78 is 0. The third-order valence-electron chi connectivity index (χ3n) is 4.66. The van der Waals surface area contributed by atoms with Gasteiger partial charge in [-0.3, -0.25) is 0 Å². The van der Waals surface area contributed by atoms with Gasteiger partial charge in [-0.15, -0.1) is 35.3 Å². The van der Waals surface area contributed by atoms with Gasteiger partial charge in [0.25, 0.3) is 0 Å². The van der Waals surface area contributed by atoms with Gasteiger partial charge in [0.2, 0.25) is 0 Å². The maximum absolute atomic E-state index is 4.74. The second-order valence-corrected chi connectivity index (χ2v) is 9.00. The average molecular weight is 508 g/mol. The highest BCUT2D eigenvalue weighted by Gasteiger charge is 2.20. The number of hydrogen-bond acceptors (Lipinski definition) is 4. The monoisotopic (exact) mass is 507 g/mol. The lowest BCUT2D eigenvalue weighted by Crippen LogP contribution is -2.45. The molecule has 0 radical (unpaired) electrons. The first-order chi connectivity index (χ1) is 12.5. The van der Waals surface area contributed by atoms with E-state index in [-0.39, 0.29) is 24.0 Å². The molecule has 0 amide bonds. The van der Waals surface area contributed by atoms with Gasteiger partial charge in [-0.1, -0.05) is 27.7 Å². The average Bonchev–Trinajstić information content (AvgIpc) is 3.06. The number of guanidine groups is 1. The van der Waals surface area contributed by atoms with Gasteiger partial charge in [0.15, 0.2) is 5.96 Å². The molecule has 2 heterocycles. The van der Waals surface area contributed by atoms with Crippen molar-refractivity contribution in [2.24, 2.45) is 16.8 Å². The first-order valence-corrected chi connectivity index (χ1v) is 11.0. The number of nitrogens with one attached hydrogen (secondary N) is 2. The number of hydrogen-bond donors (Lipinski definition) is 2. The molecule has 0 bridgehead atoms. The normalized spacial score (nSPS) is 18.6. The summed E-state index contributed by atoms with van der Waals surface area (Å²) in [4.78, 5) is 12.0. The molecule has 156 valence electrons. The van der Waals surface area contributed by atoms with E-state index in [4.69, 9.17) is 4.99 Å². The minimum Gasteiger partial charge on any atom is -0.357 e. The van der Waals surface area contributed by atoms with Crippen molar-refractivity contribution in [1.29, 1.82) is 0 Å². The molecule has 1 aliphatic rings. The predicted molar refractivity (Wildman–Crippen MR) is 128 cm³/mol. The van der Waals surface area contributed by atoms with Gasteiger partial charge in [0.05, 0.1) is 12.2 Å². The van der Waals surface area contributed by atoms with Crippen LogP contribution in [0, 0.1) is 11.8 Å².